The van der Waals surface area contributed by atoms with E-state index in [4.69, 9.17) is 9.47 Å². The van der Waals surface area contributed by atoms with Crippen LogP contribution >= 0.6 is 0 Å². The van der Waals surface area contributed by atoms with E-state index in [1.807, 2.05) is 62.6 Å². The number of amides is 3. The second-order valence-corrected chi connectivity index (χ2v) is 10.3. The smallest absolute Gasteiger partial charge is 0.325 e. The zero-order chi connectivity index (χ0) is 26.6. The fraction of sp³-hybridized carbons (Fsp3) is 0.414. The van der Waals surface area contributed by atoms with Crippen LogP contribution < -0.4 is 9.47 Å². The van der Waals surface area contributed by atoms with Crippen LogP contribution in [0.5, 0.6) is 11.5 Å². The summed E-state index contributed by atoms with van der Waals surface area (Å²) in [5.74, 6) is 1.46. The van der Waals surface area contributed by atoms with E-state index in [1.54, 1.807) is 20.4 Å². The molecule has 0 bridgehead atoms. The fourth-order valence-corrected chi connectivity index (χ4v) is 6.54. The van der Waals surface area contributed by atoms with E-state index in [9.17, 15) is 9.59 Å². The molecule has 2 saturated heterocycles. The first kappa shape index (κ1) is 24.3. The third-order valence-electron chi connectivity index (χ3n) is 8.37. The molecular formula is C29H33N5O4. The van der Waals surface area contributed by atoms with Gasteiger partial charge >= 0.3 is 6.03 Å². The monoisotopic (exact) mass is 515 g/mol. The molecular weight excluding hydrogens is 482 g/mol. The summed E-state index contributed by atoms with van der Waals surface area (Å²) in [6.45, 7) is 6.36. The van der Waals surface area contributed by atoms with Gasteiger partial charge in [0, 0.05) is 55.3 Å². The number of aromatic nitrogens is 2. The summed E-state index contributed by atoms with van der Waals surface area (Å²) >= 11 is 0. The fourth-order valence-electron chi connectivity index (χ4n) is 6.54. The summed E-state index contributed by atoms with van der Waals surface area (Å²) < 4.78 is 13.1. The molecule has 9 nitrogen and oxygen atoms in total. The molecule has 1 atom stereocenters. The van der Waals surface area contributed by atoms with Crippen LogP contribution in [0.4, 0.5) is 4.79 Å². The zero-order valence-corrected chi connectivity index (χ0v) is 22.3. The molecule has 0 N–H and O–H groups in total. The number of hydrogen-bond donors (Lipinski definition) is 0. The Morgan fingerprint density at radius 2 is 1.95 bits per heavy atom. The van der Waals surface area contributed by atoms with E-state index < -0.39 is 5.54 Å². The van der Waals surface area contributed by atoms with Crippen LogP contribution in [0.15, 0.2) is 54.5 Å². The van der Waals surface area contributed by atoms with E-state index in [1.165, 1.54) is 0 Å². The maximum atomic E-state index is 13.8. The summed E-state index contributed by atoms with van der Waals surface area (Å²) in [5, 5.41) is 0. The van der Waals surface area contributed by atoms with E-state index in [2.05, 4.69) is 18.0 Å². The van der Waals surface area contributed by atoms with Gasteiger partial charge in [0.05, 0.1) is 26.3 Å². The Hall–Kier alpha value is -4.01. The molecule has 0 unspecified atom stereocenters. The number of rotatable bonds is 4. The molecule has 0 saturated carbocycles. The maximum absolute atomic E-state index is 13.8. The summed E-state index contributed by atoms with van der Waals surface area (Å²) in [6, 6.07) is 9.65. The van der Waals surface area contributed by atoms with Crippen molar-refractivity contribution in [1.29, 1.82) is 0 Å². The van der Waals surface area contributed by atoms with Crippen LogP contribution in [-0.2, 0) is 6.54 Å². The Balaban J connectivity index is 1.32. The molecule has 3 aliphatic rings. The molecule has 2 aromatic heterocycles. The number of imidazole rings is 1. The van der Waals surface area contributed by atoms with Crippen molar-refractivity contribution in [3.8, 4) is 11.5 Å². The number of allylic oxidation sites excluding steroid dienone is 1. The number of methoxy groups -OCH3 is 2. The Morgan fingerprint density at radius 3 is 2.63 bits per heavy atom. The van der Waals surface area contributed by atoms with Crippen molar-refractivity contribution in [1.82, 2.24) is 24.1 Å². The number of carbonyl (C=O) groups is 2. The number of likely N-dealkylation sites (N-methyl/N-ethyl adjacent to an activating group) is 1. The highest BCUT2D eigenvalue weighted by atomic mass is 16.5. The Bertz CT molecular complexity index is 1420. The van der Waals surface area contributed by atoms with Gasteiger partial charge < -0.3 is 23.7 Å². The van der Waals surface area contributed by atoms with Crippen molar-refractivity contribution in [2.45, 2.75) is 44.7 Å². The highest BCUT2D eigenvalue weighted by Gasteiger charge is 2.55. The third-order valence-corrected chi connectivity index (χ3v) is 8.37. The Morgan fingerprint density at radius 1 is 1.16 bits per heavy atom. The Labute approximate surface area is 222 Å². The summed E-state index contributed by atoms with van der Waals surface area (Å²) in [7, 11) is 3.31. The van der Waals surface area contributed by atoms with E-state index in [0.717, 1.165) is 28.2 Å². The number of carbonyl (C=O) groups excluding carboxylic acids is 2. The largest absolute Gasteiger partial charge is 0.497 e. The molecule has 0 radical (unpaired) electrons. The lowest BCUT2D eigenvalue weighted by atomic mass is 9.82. The van der Waals surface area contributed by atoms with Gasteiger partial charge in [0.25, 0.3) is 5.91 Å². The maximum Gasteiger partial charge on any atom is 0.325 e. The van der Waals surface area contributed by atoms with E-state index in [0.29, 0.717) is 50.5 Å². The number of benzene rings is 1. The van der Waals surface area contributed by atoms with Crippen molar-refractivity contribution in [2.75, 3.05) is 33.9 Å². The van der Waals surface area contributed by atoms with Crippen LogP contribution in [-0.4, -0.2) is 75.4 Å². The normalized spacial score (nSPS) is 20.3. The van der Waals surface area contributed by atoms with Crippen molar-refractivity contribution in [3.63, 3.8) is 0 Å². The molecule has 38 heavy (non-hydrogen) atoms. The predicted molar refractivity (Wildman–Crippen MR) is 142 cm³/mol. The molecule has 0 aliphatic carbocycles. The summed E-state index contributed by atoms with van der Waals surface area (Å²) in [6.07, 6.45) is 7.27. The first-order chi connectivity index (χ1) is 18.4. The topological polar surface area (TPSA) is 79.6 Å². The SMILES string of the molecule is CCN1C(=O)N2Cc3cc(OC)cc(OC)c3[C@@H](C)C=C2C12CCN(C(=O)c1cn3ccccc3n1)CC2. The van der Waals surface area contributed by atoms with Gasteiger partial charge in [-0.05, 0) is 43.5 Å². The van der Waals surface area contributed by atoms with Crippen molar-refractivity contribution >= 4 is 17.6 Å². The number of nitrogens with zero attached hydrogens (tertiary/aromatic N) is 5. The predicted octanol–water partition coefficient (Wildman–Crippen LogP) is 4.29. The number of piperidine rings is 1. The average Bonchev–Trinajstić information content (AvgIpc) is 3.40. The highest BCUT2D eigenvalue weighted by molar-refractivity contribution is 5.93. The number of urea groups is 1. The number of pyridine rings is 1. The van der Waals surface area contributed by atoms with Gasteiger partial charge in [0.2, 0.25) is 0 Å². The summed E-state index contributed by atoms with van der Waals surface area (Å²) in [4.78, 5) is 37.5. The van der Waals surface area contributed by atoms with Crippen molar-refractivity contribution in [3.05, 3.63) is 71.3 Å². The molecule has 6 rings (SSSR count). The van der Waals surface area contributed by atoms with Gasteiger partial charge in [-0.2, -0.15) is 0 Å². The molecule has 3 amide bonds. The molecule has 1 spiro atoms. The number of ether oxygens (including phenoxy) is 2. The van der Waals surface area contributed by atoms with Crippen LogP contribution in [0.25, 0.3) is 5.65 Å². The van der Waals surface area contributed by atoms with Crippen LogP contribution in [0.3, 0.4) is 0 Å². The lowest BCUT2D eigenvalue weighted by Crippen LogP contribution is -2.54. The first-order valence-electron chi connectivity index (χ1n) is 13.2. The van der Waals surface area contributed by atoms with Gasteiger partial charge in [-0.25, -0.2) is 9.78 Å². The number of fused-ring (bicyclic) bond motifs is 4. The zero-order valence-electron chi connectivity index (χ0n) is 22.3. The summed E-state index contributed by atoms with van der Waals surface area (Å²) in [5.41, 5.74) is 3.90. The highest BCUT2D eigenvalue weighted by Crippen LogP contribution is 2.49. The minimum atomic E-state index is -0.449. The molecule has 1 aromatic carbocycles. The van der Waals surface area contributed by atoms with E-state index in [-0.39, 0.29) is 17.9 Å². The molecule has 9 heteroatoms. The standard InChI is InChI=1S/C29H33N5O4/c1-5-34-28(36)33-17-20-15-21(37-3)16-23(38-4)26(20)19(2)14-24(33)29(34)9-12-31(13-10-29)27(35)22-18-32-11-7-6-8-25(32)30-22/h6-8,11,14-16,18-19H,5,9-10,12-13,17H2,1-4H3/t19-/m0/s1. The first-order valence-corrected chi connectivity index (χ1v) is 13.2. The Kier molecular flexibility index (Phi) is 5.81. The van der Waals surface area contributed by atoms with Gasteiger partial charge in [0.15, 0.2) is 0 Å². The van der Waals surface area contributed by atoms with Crippen LogP contribution in [0.2, 0.25) is 0 Å². The van der Waals surface area contributed by atoms with Crippen molar-refractivity contribution < 1.29 is 19.1 Å². The average molecular weight is 516 g/mol. The minimum absolute atomic E-state index is 0.0146. The van der Waals surface area contributed by atoms with Gasteiger partial charge in [0.1, 0.15) is 22.8 Å². The number of likely N-dealkylation sites (tertiary alicyclic amines) is 1. The lowest BCUT2D eigenvalue weighted by Gasteiger charge is -2.44. The van der Waals surface area contributed by atoms with Crippen molar-refractivity contribution in [2.24, 2.45) is 0 Å². The molecule has 3 aromatic rings. The second kappa shape index (κ2) is 9.08. The van der Waals surface area contributed by atoms with Crippen LogP contribution in [0.1, 0.15) is 54.2 Å². The lowest BCUT2D eigenvalue weighted by molar-refractivity contribution is 0.0571. The minimum Gasteiger partial charge on any atom is -0.497 e. The molecule has 3 aliphatic heterocycles. The van der Waals surface area contributed by atoms with Gasteiger partial charge in [-0.15, -0.1) is 0 Å². The molecule has 198 valence electrons. The molecule has 2 fully saturated rings. The quantitative estimate of drug-likeness (QED) is 0.518. The number of hydrogen-bond acceptors (Lipinski definition) is 5. The molecule has 5 heterocycles. The third kappa shape index (κ3) is 3.55. The van der Waals surface area contributed by atoms with E-state index >= 15 is 0 Å². The van der Waals surface area contributed by atoms with Gasteiger partial charge in [-0.3, -0.25) is 9.69 Å². The van der Waals surface area contributed by atoms with Gasteiger partial charge in [-0.1, -0.05) is 19.1 Å². The second-order valence-electron chi connectivity index (χ2n) is 10.3. The van der Waals surface area contributed by atoms with Crippen LogP contribution in [0, 0.1) is 0 Å².